The van der Waals surface area contributed by atoms with E-state index in [9.17, 15) is 0 Å². The number of halogens is 2. The number of hydrogen-bond acceptors (Lipinski definition) is 8. The Hall–Kier alpha value is -2.39. The van der Waals surface area contributed by atoms with Gasteiger partial charge < -0.3 is 24.6 Å². The minimum atomic E-state index is 0.120. The van der Waals surface area contributed by atoms with Crippen molar-refractivity contribution in [2.45, 2.75) is 39.2 Å². The zero-order valence-corrected chi connectivity index (χ0v) is 21.1. The number of hydrogen-bond donors (Lipinski definition) is 2. The van der Waals surface area contributed by atoms with Crippen LogP contribution in [0.3, 0.4) is 0 Å². The van der Waals surface area contributed by atoms with E-state index in [0.29, 0.717) is 63.3 Å². The van der Waals surface area contributed by atoms with Crippen molar-refractivity contribution in [3.05, 3.63) is 39.7 Å². The molecule has 0 spiro atoms. The molecule has 0 bridgehead atoms. The van der Waals surface area contributed by atoms with Crippen molar-refractivity contribution in [1.29, 1.82) is 0 Å². The average molecular weight is 506 g/mol. The highest BCUT2D eigenvalue weighted by Crippen LogP contribution is 2.38. The Morgan fingerprint density at radius 2 is 2.06 bits per heavy atom. The Kier molecular flexibility index (Phi) is 8.26. The van der Waals surface area contributed by atoms with E-state index in [1.54, 1.807) is 6.07 Å². The number of nitrogens with one attached hydrogen (secondary N) is 2. The molecule has 34 heavy (non-hydrogen) atoms. The lowest BCUT2D eigenvalue weighted by molar-refractivity contribution is 0.120. The zero-order chi connectivity index (χ0) is 24.1. The van der Waals surface area contributed by atoms with Gasteiger partial charge in [-0.2, -0.15) is 0 Å². The summed E-state index contributed by atoms with van der Waals surface area (Å²) >= 11 is 13.4. The lowest BCUT2D eigenvalue weighted by atomic mass is 10.1. The van der Waals surface area contributed by atoms with Crippen LogP contribution in [0.1, 0.15) is 30.7 Å². The van der Waals surface area contributed by atoms with Gasteiger partial charge in [0.1, 0.15) is 28.0 Å². The lowest BCUT2D eigenvalue weighted by Crippen LogP contribution is -2.19. The molecule has 2 N–H and O–H groups in total. The quantitative estimate of drug-likeness (QED) is 0.358. The molecule has 182 valence electrons. The van der Waals surface area contributed by atoms with Crippen LogP contribution in [0.15, 0.2) is 22.7 Å². The zero-order valence-electron chi connectivity index (χ0n) is 19.6. The van der Waals surface area contributed by atoms with Crippen LogP contribution in [0.5, 0.6) is 5.75 Å². The van der Waals surface area contributed by atoms with Gasteiger partial charge in [0.05, 0.1) is 29.0 Å². The summed E-state index contributed by atoms with van der Waals surface area (Å²) in [5.74, 6) is 2.26. The second-order valence-electron chi connectivity index (χ2n) is 8.22. The first-order chi connectivity index (χ1) is 16.5. The maximum Gasteiger partial charge on any atom is 0.163 e. The van der Waals surface area contributed by atoms with Gasteiger partial charge >= 0.3 is 0 Å². The highest BCUT2D eigenvalue weighted by atomic mass is 35.5. The molecule has 1 atom stereocenters. The molecule has 1 aromatic carbocycles. The molecular formula is C24H29Cl2N5O3. The van der Waals surface area contributed by atoms with Gasteiger partial charge in [-0.15, -0.1) is 0 Å². The van der Waals surface area contributed by atoms with Gasteiger partial charge in [-0.1, -0.05) is 28.4 Å². The molecule has 0 amide bonds. The first kappa shape index (κ1) is 24.7. The average Bonchev–Trinajstić information content (AvgIpc) is 3.47. The SMILES string of the molecule is CNCCCOc1ccc(Cl)c(-c2nc(NCC3CCCO3)c(Cl)c(-c3c(C)noc3C)n2)c1. The van der Waals surface area contributed by atoms with E-state index in [2.05, 4.69) is 15.8 Å². The maximum absolute atomic E-state index is 6.80. The van der Waals surface area contributed by atoms with E-state index in [-0.39, 0.29) is 6.10 Å². The third kappa shape index (κ3) is 5.63. The summed E-state index contributed by atoms with van der Waals surface area (Å²) in [4.78, 5) is 9.53. The van der Waals surface area contributed by atoms with Crippen LogP contribution < -0.4 is 15.4 Å². The standard InChI is InChI=1S/C24H29Cl2N5O3/c1-14-20(15(2)34-31-14)22-21(26)24(28-13-17-6-4-10-33-17)30-23(29-22)18-12-16(7-8-19(18)25)32-11-5-9-27-3/h7-8,12,17,27H,4-6,9-11,13H2,1-3H3,(H,28,29,30). The smallest absolute Gasteiger partial charge is 0.163 e. The molecule has 1 fully saturated rings. The van der Waals surface area contributed by atoms with Crippen molar-refractivity contribution >= 4 is 29.0 Å². The fraction of sp³-hybridized carbons (Fsp3) is 0.458. The van der Waals surface area contributed by atoms with Gasteiger partial charge in [-0.3, -0.25) is 0 Å². The summed E-state index contributed by atoms with van der Waals surface area (Å²) in [5.41, 5.74) is 2.62. The summed E-state index contributed by atoms with van der Waals surface area (Å²) < 4.78 is 17.0. The van der Waals surface area contributed by atoms with Crippen molar-refractivity contribution in [2.75, 3.05) is 38.7 Å². The normalized spacial score (nSPS) is 15.6. The number of nitrogens with zero attached hydrogens (tertiary/aromatic N) is 3. The fourth-order valence-electron chi connectivity index (χ4n) is 3.89. The summed E-state index contributed by atoms with van der Waals surface area (Å²) in [6.45, 7) is 6.52. The number of benzene rings is 1. The van der Waals surface area contributed by atoms with Crippen molar-refractivity contribution in [3.63, 3.8) is 0 Å². The Morgan fingerprint density at radius 3 is 2.76 bits per heavy atom. The van der Waals surface area contributed by atoms with Crippen LogP contribution in [0.2, 0.25) is 10.0 Å². The van der Waals surface area contributed by atoms with Crippen molar-refractivity contribution < 1.29 is 14.0 Å². The summed E-state index contributed by atoms with van der Waals surface area (Å²) in [7, 11) is 1.92. The maximum atomic E-state index is 6.80. The number of aromatic nitrogens is 3. The first-order valence-electron chi connectivity index (χ1n) is 11.4. The molecule has 1 aliphatic rings. The Morgan fingerprint density at radius 1 is 1.21 bits per heavy atom. The van der Waals surface area contributed by atoms with Crippen LogP contribution >= 0.6 is 23.2 Å². The number of aryl methyl sites for hydroxylation is 2. The van der Waals surface area contributed by atoms with Gasteiger partial charge in [0.25, 0.3) is 0 Å². The molecule has 1 aliphatic heterocycles. The molecular weight excluding hydrogens is 477 g/mol. The molecule has 10 heteroatoms. The second-order valence-corrected chi connectivity index (χ2v) is 9.01. The van der Waals surface area contributed by atoms with E-state index < -0.39 is 0 Å². The lowest BCUT2D eigenvalue weighted by Gasteiger charge is -2.16. The molecule has 2 aromatic heterocycles. The van der Waals surface area contributed by atoms with Crippen LogP contribution in [-0.4, -0.2) is 54.6 Å². The van der Waals surface area contributed by atoms with Gasteiger partial charge in [0.15, 0.2) is 5.82 Å². The van der Waals surface area contributed by atoms with Gasteiger partial charge in [0.2, 0.25) is 0 Å². The first-order valence-corrected chi connectivity index (χ1v) is 12.2. The fourth-order valence-corrected chi connectivity index (χ4v) is 4.34. The van der Waals surface area contributed by atoms with Crippen LogP contribution in [-0.2, 0) is 4.74 Å². The molecule has 0 saturated carbocycles. The topological polar surface area (TPSA) is 94.3 Å². The summed E-state index contributed by atoms with van der Waals surface area (Å²) in [5, 5.41) is 11.4. The minimum absolute atomic E-state index is 0.120. The molecule has 4 rings (SSSR count). The third-order valence-electron chi connectivity index (χ3n) is 5.66. The molecule has 3 aromatic rings. The van der Waals surface area contributed by atoms with Crippen molar-refractivity contribution in [1.82, 2.24) is 20.4 Å². The van der Waals surface area contributed by atoms with Gasteiger partial charge in [-0.25, -0.2) is 9.97 Å². The number of rotatable bonds is 10. The highest BCUT2D eigenvalue weighted by Gasteiger charge is 2.23. The molecule has 0 radical (unpaired) electrons. The van der Waals surface area contributed by atoms with Crippen molar-refractivity contribution in [3.8, 4) is 28.4 Å². The molecule has 8 nitrogen and oxygen atoms in total. The van der Waals surface area contributed by atoms with Gasteiger partial charge in [0, 0.05) is 18.7 Å². The van der Waals surface area contributed by atoms with E-state index >= 15 is 0 Å². The molecule has 0 aliphatic carbocycles. The van der Waals surface area contributed by atoms with Crippen LogP contribution in [0.25, 0.3) is 22.6 Å². The Balaban J connectivity index is 1.73. The minimum Gasteiger partial charge on any atom is -0.494 e. The van der Waals surface area contributed by atoms with Crippen molar-refractivity contribution in [2.24, 2.45) is 0 Å². The van der Waals surface area contributed by atoms with E-state index in [1.807, 2.05) is 33.0 Å². The largest absolute Gasteiger partial charge is 0.494 e. The Bertz CT molecular complexity index is 1110. The Labute approximate surface area is 209 Å². The summed E-state index contributed by atoms with van der Waals surface area (Å²) in [6, 6.07) is 5.48. The predicted molar refractivity (Wildman–Crippen MR) is 134 cm³/mol. The highest BCUT2D eigenvalue weighted by molar-refractivity contribution is 6.35. The van der Waals surface area contributed by atoms with Crippen LogP contribution in [0.4, 0.5) is 5.82 Å². The third-order valence-corrected chi connectivity index (χ3v) is 6.35. The molecule has 1 unspecified atom stereocenters. The van der Waals surface area contributed by atoms with E-state index in [1.165, 1.54) is 0 Å². The molecule has 3 heterocycles. The second kappa shape index (κ2) is 11.4. The number of ether oxygens (including phenoxy) is 2. The molecule has 1 saturated heterocycles. The van der Waals surface area contributed by atoms with E-state index in [4.69, 9.17) is 47.2 Å². The summed E-state index contributed by atoms with van der Waals surface area (Å²) in [6.07, 6.45) is 3.06. The number of anilines is 1. The van der Waals surface area contributed by atoms with Crippen LogP contribution in [0, 0.1) is 13.8 Å². The van der Waals surface area contributed by atoms with Gasteiger partial charge in [-0.05, 0) is 64.9 Å². The monoisotopic (exact) mass is 505 g/mol. The van der Waals surface area contributed by atoms with E-state index in [0.717, 1.165) is 38.0 Å². The predicted octanol–water partition coefficient (Wildman–Crippen LogP) is 5.30.